The Morgan fingerprint density at radius 1 is 0.750 bits per heavy atom. The fourth-order valence-corrected chi connectivity index (χ4v) is 4.82. The van der Waals surface area contributed by atoms with Crippen molar-refractivity contribution in [3.8, 4) is 0 Å². The molecule has 20 heavy (non-hydrogen) atoms. The fraction of sp³-hybridized carbons (Fsp3) is 0.750. The van der Waals surface area contributed by atoms with Gasteiger partial charge in [0.25, 0.3) is 0 Å². The smallest absolute Gasteiger partial charge is 0.308 e. The Bertz CT molecular complexity index is 423. The highest BCUT2D eigenvalue weighted by Gasteiger charge is 2.51. The number of aliphatic carboxylic acids is 2. The molecule has 0 unspecified atom stereocenters. The first-order chi connectivity index (χ1) is 9.61. The monoisotopic (exact) mass is 278 g/mol. The number of allylic oxidation sites excluding steroid dienone is 2. The third kappa shape index (κ3) is 2.05. The van der Waals surface area contributed by atoms with Gasteiger partial charge in [-0.05, 0) is 50.4 Å². The second-order valence-electron chi connectivity index (χ2n) is 6.48. The van der Waals surface area contributed by atoms with Gasteiger partial charge in [0.15, 0.2) is 0 Å². The van der Waals surface area contributed by atoms with E-state index in [1.165, 1.54) is 11.1 Å². The lowest BCUT2D eigenvalue weighted by molar-refractivity contribution is -0.159. The van der Waals surface area contributed by atoms with E-state index in [1.54, 1.807) is 0 Å². The summed E-state index contributed by atoms with van der Waals surface area (Å²) in [5.41, 5.74) is 2.65. The number of carbonyl (C=O) groups is 2. The Morgan fingerprint density at radius 3 is 1.50 bits per heavy atom. The Hall–Kier alpha value is -1.32. The van der Waals surface area contributed by atoms with Crippen molar-refractivity contribution in [1.82, 2.24) is 0 Å². The van der Waals surface area contributed by atoms with E-state index in [-0.39, 0.29) is 11.8 Å². The van der Waals surface area contributed by atoms with Crippen LogP contribution in [0.15, 0.2) is 11.1 Å². The lowest BCUT2D eigenvalue weighted by Gasteiger charge is -2.46. The maximum Gasteiger partial charge on any atom is 0.308 e. The summed E-state index contributed by atoms with van der Waals surface area (Å²) in [5, 5.41) is 19.2. The number of carboxylic acids is 2. The van der Waals surface area contributed by atoms with Crippen LogP contribution in [0.2, 0.25) is 0 Å². The van der Waals surface area contributed by atoms with E-state index in [2.05, 4.69) is 0 Å². The molecule has 2 saturated carbocycles. The molecular weight excluding hydrogens is 256 g/mol. The molecule has 0 heterocycles. The Labute approximate surface area is 118 Å². The zero-order chi connectivity index (χ0) is 14.3. The largest absolute Gasteiger partial charge is 0.481 e. The molecule has 3 aliphatic carbocycles. The molecule has 110 valence electrons. The van der Waals surface area contributed by atoms with E-state index in [4.69, 9.17) is 0 Å². The molecule has 0 aliphatic heterocycles. The summed E-state index contributed by atoms with van der Waals surface area (Å²) < 4.78 is 0. The molecule has 2 fully saturated rings. The van der Waals surface area contributed by atoms with Crippen molar-refractivity contribution in [3.05, 3.63) is 11.1 Å². The molecule has 4 atom stereocenters. The second-order valence-corrected chi connectivity index (χ2v) is 6.48. The van der Waals surface area contributed by atoms with Crippen molar-refractivity contribution in [3.63, 3.8) is 0 Å². The van der Waals surface area contributed by atoms with Crippen LogP contribution in [0, 0.1) is 23.7 Å². The SMILES string of the molecule is O=C(O)[C@@H]1[C@@H](C(=O)O)[C@H]2CCCCC2=C2CCCC[C@H]21. The first-order valence-corrected chi connectivity index (χ1v) is 7.78. The maximum absolute atomic E-state index is 11.7. The summed E-state index contributed by atoms with van der Waals surface area (Å²) in [6, 6.07) is 0. The van der Waals surface area contributed by atoms with Crippen LogP contribution >= 0.6 is 0 Å². The first kappa shape index (κ1) is 13.7. The number of hydrogen-bond acceptors (Lipinski definition) is 2. The maximum atomic E-state index is 11.7. The van der Waals surface area contributed by atoms with Crippen LogP contribution in [0.4, 0.5) is 0 Å². The zero-order valence-electron chi connectivity index (χ0n) is 11.7. The van der Waals surface area contributed by atoms with E-state index in [0.717, 1.165) is 51.4 Å². The van der Waals surface area contributed by atoms with Crippen molar-refractivity contribution in [2.24, 2.45) is 23.7 Å². The van der Waals surface area contributed by atoms with Crippen LogP contribution in [-0.2, 0) is 9.59 Å². The molecule has 0 aromatic rings. The molecular formula is C16H22O4. The average Bonchev–Trinajstić information content (AvgIpc) is 2.45. The normalized spacial score (nSPS) is 37.0. The van der Waals surface area contributed by atoms with Crippen LogP contribution in [0.25, 0.3) is 0 Å². The van der Waals surface area contributed by atoms with Gasteiger partial charge in [0.2, 0.25) is 0 Å². The lowest BCUT2D eigenvalue weighted by Crippen LogP contribution is -2.46. The molecule has 0 aromatic carbocycles. The summed E-state index contributed by atoms with van der Waals surface area (Å²) in [6.45, 7) is 0. The van der Waals surface area contributed by atoms with Gasteiger partial charge in [-0.2, -0.15) is 0 Å². The summed E-state index contributed by atoms with van der Waals surface area (Å²) in [7, 11) is 0. The summed E-state index contributed by atoms with van der Waals surface area (Å²) in [4.78, 5) is 23.4. The quantitative estimate of drug-likeness (QED) is 0.761. The molecule has 0 radical (unpaired) electrons. The number of carboxylic acid groups (broad SMARTS) is 2. The molecule has 3 aliphatic rings. The highest BCUT2D eigenvalue weighted by Crippen LogP contribution is 2.52. The average molecular weight is 278 g/mol. The molecule has 0 amide bonds. The highest BCUT2D eigenvalue weighted by molar-refractivity contribution is 5.82. The highest BCUT2D eigenvalue weighted by atomic mass is 16.4. The molecule has 0 spiro atoms. The minimum Gasteiger partial charge on any atom is -0.481 e. The van der Waals surface area contributed by atoms with Gasteiger partial charge >= 0.3 is 11.9 Å². The topological polar surface area (TPSA) is 74.6 Å². The van der Waals surface area contributed by atoms with E-state index >= 15 is 0 Å². The number of hydrogen-bond donors (Lipinski definition) is 2. The third-order valence-corrected chi connectivity index (χ3v) is 5.55. The van der Waals surface area contributed by atoms with E-state index in [1.807, 2.05) is 0 Å². The van der Waals surface area contributed by atoms with Crippen LogP contribution in [0.1, 0.15) is 51.4 Å². The molecule has 3 rings (SSSR count). The summed E-state index contributed by atoms with van der Waals surface area (Å²) in [6.07, 6.45) is 8.01. The standard InChI is InChI=1S/C16H22O4/c17-15(18)13-11-7-3-1-5-9(11)10-6-2-4-8-12(10)14(13)16(19)20/h11-14H,1-8H2,(H,17,18)(H,19,20)/t11-,12+,13-,14-/m0/s1. The molecule has 0 aromatic heterocycles. The minimum absolute atomic E-state index is 0.0216. The van der Waals surface area contributed by atoms with Crippen LogP contribution in [0.3, 0.4) is 0 Å². The van der Waals surface area contributed by atoms with Crippen molar-refractivity contribution >= 4 is 11.9 Å². The van der Waals surface area contributed by atoms with Gasteiger partial charge in [0, 0.05) is 0 Å². The molecule has 2 N–H and O–H groups in total. The van der Waals surface area contributed by atoms with E-state index in [9.17, 15) is 19.8 Å². The lowest BCUT2D eigenvalue weighted by atomic mass is 9.57. The Morgan fingerprint density at radius 2 is 1.15 bits per heavy atom. The predicted octanol–water partition coefficient (Wildman–Crippen LogP) is 3.08. The van der Waals surface area contributed by atoms with Gasteiger partial charge in [0.1, 0.15) is 0 Å². The van der Waals surface area contributed by atoms with Crippen molar-refractivity contribution in [2.75, 3.05) is 0 Å². The van der Waals surface area contributed by atoms with Crippen LogP contribution in [0.5, 0.6) is 0 Å². The van der Waals surface area contributed by atoms with Gasteiger partial charge in [-0.25, -0.2) is 0 Å². The van der Waals surface area contributed by atoms with Crippen molar-refractivity contribution in [2.45, 2.75) is 51.4 Å². The first-order valence-electron chi connectivity index (χ1n) is 7.78. The Balaban J connectivity index is 2.09. The van der Waals surface area contributed by atoms with Gasteiger partial charge in [-0.15, -0.1) is 0 Å². The Kier molecular flexibility index (Phi) is 3.57. The molecule has 0 bridgehead atoms. The fourth-order valence-electron chi connectivity index (χ4n) is 4.82. The van der Waals surface area contributed by atoms with Crippen molar-refractivity contribution in [1.29, 1.82) is 0 Å². The van der Waals surface area contributed by atoms with Crippen LogP contribution < -0.4 is 0 Å². The number of fused-ring (bicyclic) bond motifs is 2. The zero-order valence-corrected chi connectivity index (χ0v) is 11.7. The van der Waals surface area contributed by atoms with E-state index < -0.39 is 23.8 Å². The molecule has 4 heteroatoms. The van der Waals surface area contributed by atoms with Gasteiger partial charge in [-0.3, -0.25) is 9.59 Å². The van der Waals surface area contributed by atoms with Gasteiger partial charge in [0.05, 0.1) is 11.8 Å². The summed E-state index contributed by atoms with van der Waals surface area (Å²) in [5.74, 6) is -3.29. The summed E-state index contributed by atoms with van der Waals surface area (Å²) >= 11 is 0. The molecule has 0 saturated heterocycles. The van der Waals surface area contributed by atoms with E-state index in [0.29, 0.717) is 0 Å². The van der Waals surface area contributed by atoms with Crippen LogP contribution in [-0.4, -0.2) is 22.2 Å². The third-order valence-electron chi connectivity index (χ3n) is 5.55. The van der Waals surface area contributed by atoms with Crippen molar-refractivity contribution < 1.29 is 19.8 Å². The van der Waals surface area contributed by atoms with Gasteiger partial charge < -0.3 is 10.2 Å². The van der Waals surface area contributed by atoms with Gasteiger partial charge in [-0.1, -0.05) is 24.0 Å². The predicted molar refractivity (Wildman–Crippen MR) is 73.2 cm³/mol. The minimum atomic E-state index is -0.911. The number of rotatable bonds is 2. The molecule has 4 nitrogen and oxygen atoms in total. The second kappa shape index (κ2) is 5.23.